The standard InChI is InChI=1S/C23H24F2O4/c1-14-8-9-15(13-19(14)26)12-16(10-11-20(27)29-23(2,3)4)22(28)21-17(24)6-5-7-18(21)25/h5-10,13,26H,11-12H2,1-4H3. The fourth-order valence-corrected chi connectivity index (χ4v) is 2.69. The maximum Gasteiger partial charge on any atom is 0.310 e. The molecule has 0 saturated carbocycles. The van der Waals surface area contributed by atoms with Crippen molar-refractivity contribution in [3.63, 3.8) is 0 Å². The predicted molar refractivity (Wildman–Crippen MR) is 106 cm³/mol. The van der Waals surface area contributed by atoms with E-state index in [1.807, 2.05) is 0 Å². The summed E-state index contributed by atoms with van der Waals surface area (Å²) in [6, 6.07) is 8.01. The molecule has 0 saturated heterocycles. The van der Waals surface area contributed by atoms with Crippen molar-refractivity contribution in [2.45, 2.75) is 46.1 Å². The van der Waals surface area contributed by atoms with Crippen molar-refractivity contribution in [1.29, 1.82) is 0 Å². The molecule has 29 heavy (non-hydrogen) atoms. The van der Waals surface area contributed by atoms with Crippen molar-refractivity contribution in [3.8, 4) is 5.75 Å². The summed E-state index contributed by atoms with van der Waals surface area (Å²) in [5.41, 5.74) is -0.134. The zero-order valence-electron chi connectivity index (χ0n) is 16.9. The fraction of sp³-hybridized carbons (Fsp3) is 0.304. The lowest BCUT2D eigenvalue weighted by Gasteiger charge is -2.19. The Bertz CT molecular complexity index is 936. The molecule has 0 atom stereocenters. The molecule has 2 rings (SSSR count). The number of carbonyl (C=O) groups excluding carboxylic acids is 2. The van der Waals surface area contributed by atoms with E-state index < -0.39 is 34.6 Å². The molecule has 2 aromatic carbocycles. The van der Waals surface area contributed by atoms with Gasteiger partial charge in [-0.3, -0.25) is 9.59 Å². The van der Waals surface area contributed by atoms with E-state index in [0.717, 1.165) is 12.1 Å². The van der Waals surface area contributed by atoms with Crippen molar-refractivity contribution in [1.82, 2.24) is 0 Å². The summed E-state index contributed by atoms with van der Waals surface area (Å²) in [5.74, 6) is -3.35. The summed E-state index contributed by atoms with van der Waals surface area (Å²) < 4.78 is 33.5. The Hall–Kier alpha value is -3.02. The highest BCUT2D eigenvalue weighted by atomic mass is 19.1. The number of esters is 1. The summed E-state index contributed by atoms with van der Waals surface area (Å²) in [6.07, 6.45) is 1.08. The van der Waals surface area contributed by atoms with E-state index in [2.05, 4.69) is 0 Å². The topological polar surface area (TPSA) is 63.6 Å². The van der Waals surface area contributed by atoms with Gasteiger partial charge in [-0.25, -0.2) is 8.78 Å². The van der Waals surface area contributed by atoms with Crippen LogP contribution in [0.3, 0.4) is 0 Å². The van der Waals surface area contributed by atoms with Gasteiger partial charge in [-0.05, 0) is 57.0 Å². The number of aryl methyl sites for hydroxylation is 1. The summed E-state index contributed by atoms with van der Waals surface area (Å²) >= 11 is 0. The molecule has 0 unspecified atom stereocenters. The van der Waals surface area contributed by atoms with Crippen LogP contribution in [0, 0.1) is 18.6 Å². The van der Waals surface area contributed by atoms with E-state index in [-0.39, 0.29) is 24.2 Å². The molecule has 4 nitrogen and oxygen atoms in total. The van der Waals surface area contributed by atoms with Crippen molar-refractivity contribution in [2.24, 2.45) is 0 Å². The SMILES string of the molecule is Cc1ccc(CC(=CCC(=O)OC(C)(C)C)C(=O)c2c(F)cccc2F)cc1O. The third-order valence-corrected chi connectivity index (χ3v) is 4.08. The molecule has 0 aliphatic heterocycles. The maximum atomic E-state index is 14.1. The summed E-state index contributed by atoms with van der Waals surface area (Å²) in [5, 5.41) is 9.90. The Morgan fingerprint density at radius 2 is 1.72 bits per heavy atom. The lowest BCUT2D eigenvalue weighted by molar-refractivity contribution is -0.153. The zero-order chi connectivity index (χ0) is 21.8. The average Bonchev–Trinajstić information content (AvgIpc) is 2.59. The number of allylic oxidation sites excluding steroid dienone is 1. The van der Waals surface area contributed by atoms with Crippen LogP contribution in [0.5, 0.6) is 5.75 Å². The Balaban J connectivity index is 2.38. The van der Waals surface area contributed by atoms with Crippen molar-refractivity contribution < 1.29 is 28.2 Å². The largest absolute Gasteiger partial charge is 0.508 e. The number of halogens is 2. The number of phenolic OH excluding ortho intramolecular Hbond substituents is 1. The molecule has 0 aromatic heterocycles. The number of aromatic hydroxyl groups is 1. The van der Waals surface area contributed by atoms with Crippen LogP contribution in [0.25, 0.3) is 0 Å². The molecule has 154 valence electrons. The van der Waals surface area contributed by atoms with E-state index in [4.69, 9.17) is 4.74 Å². The molecule has 0 spiro atoms. The molecular formula is C23H24F2O4. The monoisotopic (exact) mass is 402 g/mol. The molecule has 2 aromatic rings. The van der Waals surface area contributed by atoms with Gasteiger partial charge in [0.25, 0.3) is 0 Å². The summed E-state index contributed by atoms with van der Waals surface area (Å²) in [6.45, 7) is 6.86. The number of ketones is 1. The molecule has 0 aliphatic rings. The molecule has 0 amide bonds. The van der Waals surface area contributed by atoms with Crippen LogP contribution in [-0.4, -0.2) is 22.5 Å². The second-order valence-electron chi connectivity index (χ2n) is 7.74. The first kappa shape index (κ1) is 22.3. The number of phenols is 1. The van der Waals surface area contributed by atoms with E-state index in [0.29, 0.717) is 11.1 Å². The van der Waals surface area contributed by atoms with Gasteiger partial charge >= 0.3 is 5.97 Å². The average molecular weight is 402 g/mol. The van der Waals surface area contributed by atoms with Crippen LogP contribution >= 0.6 is 0 Å². The van der Waals surface area contributed by atoms with Crippen molar-refractivity contribution in [3.05, 3.63) is 76.4 Å². The molecule has 6 heteroatoms. The van der Waals surface area contributed by atoms with E-state index in [9.17, 15) is 23.5 Å². The molecular weight excluding hydrogens is 378 g/mol. The second kappa shape index (κ2) is 8.99. The highest BCUT2D eigenvalue weighted by molar-refractivity contribution is 6.09. The first-order valence-electron chi connectivity index (χ1n) is 9.16. The first-order chi connectivity index (χ1) is 13.5. The van der Waals surface area contributed by atoms with Gasteiger partial charge in [-0.15, -0.1) is 0 Å². The van der Waals surface area contributed by atoms with E-state index in [1.54, 1.807) is 39.8 Å². The Kier molecular flexibility index (Phi) is 6.90. The minimum absolute atomic E-state index is 0.0107. The van der Waals surface area contributed by atoms with Gasteiger partial charge in [0.2, 0.25) is 0 Å². The van der Waals surface area contributed by atoms with Gasteiger partial charge in [0.05, 0.1) is 12.0 Å². The number of ether oxygens (including phenoxy) is 1. The summed E-state index contributed by atoms with van der Waals surface area (Å²) in [7, 11) is 0. The fourth-order valence-electron chi connectivity index (χ4n) is 2.69. The van der Waals surface area contributed by atoms with Gasteiger partial charge in [-0.1, -0.05) is 24.3 Å². The van der Waals surface area contributed by atoms with E-state index >= 15 is 0 Å². The van der Waals surface area contributed by atoms with Crippen LogP contribution in [0.1, 0.15) is 48.7 Å². The molecule has 0 bridgehead atoms. The minimum atomic E-state index is -0.982. The van der Waals surface area contributed by atoms with Crippen LogP contribution in [0.2, 0.25) is 0 Å². The second-order valence-corrected chi connectivity index (χ2v) is 7.74. The Labute approximate surface area is 168 Å². The number of carbonyl (C=O) groups is 2. The number of benzene rings is 2. The van der Waals surface area contributed by atoms with Crippen LogP contribution in [-0.2, 0) is 16.0 Å². The minimum Gasteiger partial charge on any atom is -0.508 e. The summed E-state index contributed by atoms with van der Waals surface area (Å²) in [4.78, 5) is 24.9. The number of hydrogen-bond acceptors (Lipinski definition) is 4. The highest BCUT2D eigenvalue weighted by Crippen LogP contribution is 2.23. The Morgan fingerprint density at radius 3 is 2.28 bits per heavy atom. The lowest BCUT2D eigenvalue weighted by atomic mass is 9.95. The molecule has 0 aliphatic carbocycles. The van der Waals surface area contributed by atoms with Crippen LogP contribution in [0.4, 0.5) is 8.78 Å². The van der Waals surface area contributed by atoms with Crippen molar-refractivity contribution in [2.75, 3.05) is 0 Å². The smallest absolute Gasteiger partial charge is 0.310 e. The number of Topliss-reactive ketones (excluding diaryl/α,β-unsaturated/α-hetero) is 1. The molecule has 0 radical (unpaired) electrons. The lowest BCUT2D eigenvalue weighted by Crippen LogP contribution is -2.23. The normalized spacial score (nSPS) is 12.0. The van der Waals surface area contributed by atoms with Gasteiger partial charge in [0.1, 0.15) is 23.0 Å². The van der Waals surface area contributed by atoms with Gasteiger partial charge < -0.3 is 9.84 Å². The highest BCUT2D eigenvalue weighted by Gasteiger charge is 2.22. The first-order valence-corrected chi connectivity index (χ1v) is 9.16. The molecule has 0 fully saturated rings. The third-order valence-electron chi connectivity index (χ3n) is 4.08. The predicted octanol–water partition coefficient (Wildman–Crippen LogP) is 5.06. The quantitative estimate of drug-likeness (QED) is 0.417. The van der Waals surface area contributed by atoms with Crippen LogP contribution < -0.4 is 0 Å². The molecule has 1 N–H and O–H groups in total. The zero-order valence-corrected chi connectivity index (χ0v) is 16.9. The van der Waals surface area contributed by atoms with E-state index in [1.165, 1.54) is 18.2 Å². The number of rotatable bonds is 6. The number of hydrogen-bond donors (Lipinski definition) is 1. The molecule has 0 heterocycles. The third kappa shape index (κ3) is 6.24. The van der Waals surface area contributed by atoms with Crippen LogP contribution in [0.15, 0.2) is 48.0 Å². The maximum absolute atomic E-state index is 14.1. The van der Waals surface area contributed by atoms with Crippen molar-refractivity contribution >= 4 is 11.8 Å². The van der Waals surface area contributed by atoms with Gasteiger partial charge in [-0.2, -0.15) is 0 Å². The van der Waals surface area contributed by atoms with Gasteiger partial charge in [0, 0.05) is 12.0 Å². The Morgan fingerprint density at radius 1 is 1.10 bits per heavy atom. The van der Waals surface area contributed by atoms with Gasteiger partial charge in [0.15, 0.2) is 5.78 Å².